The highest BCUT2D eigenvalue weighted by atomic mass is 16.6. The van der Waals surface area contributed by atoms with Crippen molar-refractivity contribution in [2.75, 3.05) is 0 Å². The number of ether oxygens (including phenoxy) is 1. The topological polar surface area (TPSA) is 69.4 Å². The Balaban J connectivity index is 1.77. The Labute approximate surface area is 174 Å². The van der Waals surface area contributed by atoms with Gasteiger partial charge in [0.2, 0.25) is 0 Å². The Morgan fingerprint density at radius 1 is 1.07 bits per heavy atom. The van der Waals surface area contributed by atoms with E-state index in [1.54, 1.807) is 12.1 Å². The molecule has 3 atom stereocenters. The van der Waals surface area contributed by atoms with E-state index in [1.165, 1.54) is 6.07 Å². The molecule has 1 heterocycles. The molecule has 0 N–H and O–H groups in total. The quantitative estimate of drug-likeness (QED) is 0.411. The molecule has 3 unspecified atom stereocenters. The molecule has 30 heavy (non-hydrogen) atoms. The maximum absolute atomic E-state index is 13.4. The minimum atomic E-state index is -0.379. The van der Waals surface area contributed by atoms with Crippen molar-refractivity contribution in [2.24, 2.45) is 11.3 Å². The van der Waals surface area contributed by atoms with E-state index >= 15 is 0 Å². The third-order valence-corrected chi connectivity index (χ3v) is 6.50. The molecule has 0 spiro atoms. The van der Waals surface area contributed by atoms with Gasteiger partial charge in [-0.05, 0) is 34.2 Å². The van der Waals surface area contributed by atoms with E-state index in [4.69, 9.17) is 4.74 Å². The van der Waals surface area contributed by atoms with Crippen molar-refractivity contribution in [3.05, 3.63) is 81.9 Å². The van der Waals surface area contributed by atoms with Crippen LogP contribution in [0, 0.1) is 21.4 Å². The SMILES string of the molecule is CC1(C)CC(=O)C2C(C1)Oc1ccc3ccccc3c1C2c1cccc([N+](=O)[O-])c1. The first-order chi connectivity index (χ1) is 14.3. The number of carbonyl (C=O) groups is 1. The van der Waals surface area contributed by atoms with E-state index in [-0.39, 0.29) is 39.7 Å². The van der Waals surface area contributed by atoms with Gasteiger partial charge in [-0.3, -0.25) is 14.9 Å². The number of nitrogens with zero attached hydrogens (tertiary/aromatic N) is 1. The second-order valence-electron chi connectivity index (χ2n) is 9.22. The standard InChI is InChI=1S/C25H23NO4/c1-25(2)13-19(27)24-21(14-25)30-20-11-10-15-6-3-4-9-18(15)23(20)22(24)16-7-5-8-17(12-16)26(28)29/h3-12,21-22,24H,13-14H2,1-2H3. The molecule has 1 fully saturated rings. The predicted octanol–water partition coefficient (Wildman–Crippen LogP) is 5.65. The van der Waals surface area contributed by atoms with Gasteiger partial charge in [-0.25, -0.2) is 0 Å². The molecule has 1 saturated carbocycles. The Morgan fingerprint density at radius 2 is 1.87 bits per heavy atom. The maximum atomic E-state index is 13.4. The zero-order valence-corrected chi connectivity index (χ0v) is 17.0. The second kappa shape index (κ2) is 6.66. The first-order valence-corrected chi connectivity index (χ1v) is 10.3. The van der Waals surface area contributed by atoms with E-state index in [9.17, 15) is 14.9 Å². The van der Waals surface area contributed by atoms with Crippen LogP contribution in [0.2, 0.25) is 0 Å². The van der Waals surface area contributed by atoms with Gasteiger partial charge >= 0.3 is 0 Å². The van der Waals surface area contributed by atoms with Crippen molar-refractivity contribution in [2.45, 2.75) is 38.7 Å². The van der Waals surface area contributed by atoms with Crippen LogP contribution < -0.4 is 4.74 Å². The van der Waals surface area contributed by atoms with E-state index in [0.717, 1.165) is 34.1 Å². The Hall–Kier alpha value is -3.21. The highest BCUT2D eigenvalue weighted by molar-refractivity contribution is 5.92. The molecule has 3 aromatic rings. The molecule has 2 aliphatic rings. The number of Topliss-reactive ketones (excluding diaryl/α,β-unsaturated/α-hetero) is 1. The van der Waals surface area contributed by atoms with Gasteiger partial charge in [0.1, 0.15) is 17.6 Å². The number of hydrogen-bond acceptors (Lipinski definition) is 4. The summed E-state index contributed by atoms with van der Waals surface area (Å²) in [7, 11) is 0. The van der Waals surface area contributed by atoms with Crippen LogP contribution >= 0.6 is 0 Å². The molecule has 0 aromatic heterocycles. The van der Waals surface area contributed by atoms with Gasteiger partial charge in [0, 0.05) is 30.0 Å². The lowest BCUT2D eigenvalue weighted by Crippen LogP contribution is -2.48. The van der Waals surface area contributed by atoms with Crippen LogP contribution in [0.4, 0.5) is 5.69 Å². The molecular weight excluding hydrogens is 378 g/mol. The Morgan fingerprint density at radius 3 is 2.67 bits per heavy atom. The van der Waals surface area contributed by atoms with E-state index in [1.807, 2.05) is 42.5 Å². The van der Waals surface area contributed by atoms with Crippen LogP contribution in [0.15, 0.2) is 60.7 Å². The van der Waals surface area contributed by atoms with Crippen LogP contribution in [-0.4, -0.2) is 16.8 Å². The molecule has 0 saturated heterocycles. The highest BCUT2D eigenvalue weighted by Crippen LogP contribution is 2.53. The smallest absolute Gasteiger partial charge is 0.269 e. The van der Waals surface area contributed by atoms with Crippen molar-refractivity contribution in [1.29, 1.82) is 0 Å². The summed E-state index contributed by atoms with van der Waals surface area (Å²) in [6.07, 6.45) is 1.03. The molecule has 5 rings (SSSR count). The Bertz CT molecular complexity index is 1180. The summed E-state index contributed by atoms with van der Waals surface area (Å²) >= 11 is 0. The minimum Gasteiger partial charge on any atom is -0.489 e. The monoisotopic (exact) mass is 401 g/mol. The number of nitro groups is 1. The van der Waals surface area contributed by atoms with Gasteiger partial charge in [0.25, 0.3) is 5.69 Å². The number of rotatable bonds is 2. The number of ketones is 1. The number of fused-ring (bicyclic) bond motifs is 4. The summed E-state index contributed by atoms with van der Waals surface area (Å²) in [6, 6.07) is 18.8. The number of benzene rings is 3. The first-order valence-electron chi connectivity index (χ1n) is 10.3. The lowest BCUT2D eigenvalue weighted by molar-refractivity contribution is -0.384. The first kappa shape index (κ1) is 18.8. The third kappa shape index (κ3) is 2.96. The zero-order chi connectivity index (χ0) is 21.0. The fourth-order valence-corrected chi connectivity index (χ4v) is 5.30. The maximum Gasteiger partial charge on any atom is 0.269 e. The average Bonchev–Trinajstić information content (AvgIpc) is 2.71. The summed E-state index contributed by atoms with van der Waals surface area (Å²) in [5.41, 5.74) is 1.68. The second-order valence-corrected chi connectivity index (χ2v) is 9.22. The molecule has 3 aromatic carbocycles. The van der Waals surface area contributed by atoms with Gasteiger partial charge in [-0.15, -0.1) is 0 Å². The molecule has 0 radical (unpaired) electrons. The Kier molecular flexibility index (Phi) is 4.17. The predicted molar refractivity (Wildman–Crippen MR) is 115 cm³/mol. The van der Waals surface area contributed by atoms with Crippen LogP contribution in [0.5, 0.6) is 5.75 Å². The van der Waals surface area contributed by atoms with Crippen molar-refractivity contribution in [3.8, 4) is 5.75 Å². The van der Waals surface area contributed by atoms with Crippen LogP contribution in [0.25, 0.3) is 10.8 Å². The number of non-ortho nitro benzene ring substituents is 1. The molecule has 0 amide bonds. The summed E-state index contributed by atoms with van der Waals surface area (Å²) in [6.45, 7) is 4.20. The average molecular weight is 401 g/mol. The van der Waals surface area contributed by atoms with Crippen molar-refractivity contribution in [1.82, 2.24) is 0 Å². The van der Waals surface area contributed by atoms with Gasteiger partial charge in [0.05, 0.1) is 10.8 Å². The zero-order valence-electron chi connectivity index (χ0n) is 17.0. The molecule has 5 nitrogen and oxygen atoms in total. The van der Waals surface area contributed by atoms with Gasteiger partial charge in [0.15, 0.2) is 0 Å². The lowest BCUT2D eigenvalue weighted by atomic mass is 9.63. The van der Waals surface area contributed by atoms with Crippen molar-refractivity contribution < 1.29 is 14.5 Å². The minimum absolute atomic E-state index is 0.0425. The summed E-state index contributed by atoms with van der Waals surface area (Å²) in [5, 5.41) is 13.5. The lowest BCUT2D eigenvalue weighted by Gasteiger charge is -2.46. The number of nitro benzene ring substituents is 1. The van der Waals surface area contributed by atoms with Crippen LogP contribution in [0.1, 0.15) is 43.7 Å². The van der Waals surface area contributed by atoms with Crippen LogP contribution in [0.3, 0.4) is 0 Å². The number of hydrogen-bond donors (Lipinski definition) is 0. The summed E-state index contributed by atoms with van der Waals surface area (Å²) in [5.74, 6) is 0.329. The van der Waals surface area contributed by atoms with Gasteiger partial charge < -0.3 is 4.74 Å². The van der Waals surface area contributed by atoms with Crippen LogP contribution in [-0.2, 0) is 4.79 Å². The van der Waals surface area contributed by atoms with Gasteiger partial charge in [-0.1, -0.05) is 56.3 Å². The van der Waals surface area contributed by atoms with Crippen molar-refractivity contribution >= 4 is 22.2 Å². The molecule has 1 aliphatic carbocycles. The fraction of sp³-hybridized carbons (Fsp3) is 0.320. The molecular formula is C25H23NO4. The molecule has 5 heteroatoms. The van der Waals surface area contributed by atoms with E-state index in [2.05, 4.69) is 13.8 Å². The summed E-state index contributed by atoms with van der Waals surface area (Å²) in [4.78, 5) is 24.4. The third-order valence-electron chi connectivity index (χ3n) is 6.50. The fourth-order valence-electron chi connectivity index (χ4n) is 5.30. The molecule has 0 bridgehead atoms. The largest absolute Gasteiger partial charge is 0.489 e. The summed E-state index contributed by atoms with van der Waals surface area (Å²) < 4.78 is 6.42. The number of carbonyl (C=O) groups excluding carboxylic acids is 1. The van der Waals surface area contributed by atoms with Gasteiger partial charge in [-0.2, -0.15) is 0 Å². The van der Waals surface area contributed by atoms with E-state index < -0.39 is 0 Å². The highest BCUT2D eigenvalue weighted by Gasteiger charge is 2.50. The van der Waals surface area contributed by atoms with E-state index in [0.29, 0.717) is 6.42 Å². The normalized spacial score (nSPS) is 24.6. The molecule has 1 aliphatic heterocycles. The molecule has 152 valence electrons. The van der Waals surface area contributed by atoms with Crippen molar-refractivity contribution in [3.63, 3.8) is 0 Å².